The van der Waals surface area contributed by atoms with Gasteiger partial charge in [0, 0.05) is 26.8 Å². The number of hydrogen-bond acceptors (Lipinski definition) is 3. The van der Waals surface area contributed by atoms with Crippen LogP contribution in [0, 0.1) is 6.92 Å². The van der Waals surface area contributed by atoms with Gasteiger partial charge < -0.3 is 4.90 Å². The second-order valence-corrected chi connectivity index (χ2v) is 5.13. The second kappa shape index (κ2) is 5.66. The van der Waals surface area contributed by atoms with Crippen LogP contribution in [0.5, 0.6) is 0 Å². The molecule has 1 amide bonds. The van der Waals surface area contributed by atoms with Crippen molar-refractivity contribution in [2.75, 3.05) is 7.05 Å². The molecule has 2 aromatic heterocycles. The lowest BCUT2D eigenvalue weighted by Gasteiger charge is -2.17. The average Bonchev–Trinajstić information content (AvgIpc) is 2.92. The summed E-state index contributed by atoms with van der Waals surface area (Å²) in [5, 5.41) is 8.94. The number of aryl methyl sites for hydroxylation is 3. The van der Waals surface area contributed by atoms with Crippen molar-refractivity contribution in [2.45, 2.75) is 26.9 Å². The Morgan fingerprint density at radius 2 is 2.20 bits per heavy atom. The van der Waals surface area contributed by atoms with Crippen LogP contribution in [0.1, 0.15) is 28.7 Å². The van der Waals surface area contributed by atoms with Crippen molar-refractivity contribution in [3.63, 3.8) is 0 Å². The van der Waals surface area contributed by atoms with Crippen LogP contribution in [0.15, 0.2) is 12.4 Å². The van der Waals surface area contributed by atoms with Gasteiger partial charge in [0.2, 0.25) is 0 Å². The van der Waals surface area contributed by atoms with E-state index in [1.165, 1.54) is 0 Å². The van der Waals surface area contributed by atoms with Crippen molar-refractivity contribution in [1.82, 2.24) is 24.5 Å². The third-order valence-electron chi connectivity index (χ3n) is 3.17. The number of rotatable bonds is 4. The lowest BCUT2D eigenvalue weighted by molar-refractivity contribution is 0.0781. The van der Waals surface area contributed by atoms with Gasteiger partial charge in [0.15, 0.2) is 0 Å². The zero-order valence-electron chi connectivity index (χ0n) is 12.1. The van der Waals surface area contributed by atoms with Crippen LogP contribution in [-0.2, 0) is 20.1 Å². The fraction of sp³-hybridized carbons (Fsp3) is 0.462. The van der Waals surface area contributed by atoms with Gasteiger partial charge in [-0.3, -0.25) is 14.2 Å². The van der Waals surface area contributed by atoms with E-state index < -0.39 is 0 Å². The van der Waals surface area contributed by atoms with Gasteiger partial charge in [-0.05, 0) is 13.8 Å². The monoisotopic (exact) mass is 295 g/mol. The molecule has 0 spiro atoms. The predicted molar refractivity (Wildman–Crippen MR) is 76.7 cm³/mol. The summed E-state index contributed by atoms with van der Waals surface area (Å²) in [7, 11) is 3.55. The van der Waals surface area contributed by atoms with E-state index in [4.69, 9.17) is 11.6 Å². The molecule has 0 radical (unpaired) electrons. The van der Waals surface area contributed by atoms with Gasteiger partial charge in [0.1, 0.15) is 0 Å². The highest BCUT2D eigenvalue weighted by molar-refractivity contribution is 6.31. The first-order valence-electron chi connectivity index (χ1n) is 6.40. The molecule has 0 unspecified atom stereocenters. The third-order valence-corrected chi connectivity index (χ3v) is 3.49. The molecule has 0 aliphatic carbocycles. The summed E-state index contributed by atoms with van der Waals surface area (Å²) in [5.74, 6) is -0.0736. The molecule has 2 aromatic rings. The van der Waals surface area contributed by atoms with E-state index in [1.54, 1.807) is 40.8 Å². The molecule has 0 aliphatic heterocycles. The van der Waals surface area contributed by atoms with Crippen LogP contribution in [0.4, 0.5) is 0 Å². The molecule has 0 aromatic carbocycles. The Labute approximate surface area is 122 Å². The quantitative estimate of drug-likeness (QED) is 0.865. The summed E-state index contributed by atoms with van der Waals surface area (Å²) in [6.07, 6.45) is 3.33. The Kier molecular flexibility index (Phi) is 4.13. The maximum absolute atomic E-state index is 12.4. The van der Waals surface area contributed by atoms with Crippen LogP contribution < -0.4 is 0 Å². The van der Waals surface area contributed by atoms with Crippen LogP contribution in [0.3, 0.4) is 0 Å². The van der Waals surface area contributed by atoms with Crippen LogP contribution >= 0.6 is 11.6 Å². The number of nitrogens with zero attached hydrogens (tertiary/aromatic N) is 5. The third kappa shape index (κ3) is 2.70. The highest BCUT2D eigenvalue weighted by atomic mass is 35.5. The number of hydrogen-bond donors (Lipinski definition) is 0. The number of halogens is 1. The fourth-order valence-electron chi connectivity index (χ4n) is 2.13. The molecular weight excluding hydrogens is 278 g/mol. The van der Waals surface area contributed by atoms with E-state index in [9.17, 15) is 4.79 Å². The predicted octanol–water partition coefficient (Wildman–Crippen LogP) is 1.87. The van der Waals surface area contributed by atoms with Gasteiger partial charge in [-0.1, -0.05) is 11.6 Å². The zero-order valence-corrected chi connectivity index (χ0v) is 12.8. The minimum Gasteiger partial charge on any atom is -0.336 e. The second-order valence-electron chi connectivity index (χ2n) is 4.72. The Bertz CT molecular complexity index is 631. The van der Waals surface area contributed by atoms with Crippen LogP contribution in [0.25, 0.3) is 0 Å². The SMILES string of the molecule is CCn1ncc(Cl)c1CN(C)C(=O)c1cn(C)nc1C. The molecule has 0 aliphatic rings. The standard InChI is InChI=1S/C13H18ClN5O/c1-5-19-12(11(14)6-15-19)8-17(3)13(20)10-7-18(4)16-9(10)2/h6-7H,5,8H2,1-4H3. The Morgan fingerprint density at radius 3 is 2.75 bits per heavy atom. The fourth-order valence-corrected chi connectivity index (χ4v) is 2.33. The maximum atomic E-state index is 12.4. The molecule has 0 saturated heterocycles. The van der Waals surface area contributed by atoms with Gasteiger partial charge in [-0.25, -0.2) is 0 Å². The minimum atomic E-state index is -0.0736. The smallest absolute Gasteiger partial charge is 0.257 e. The molecule has 0 bridgehead atoms. The van der Waals surface area contributed by atoms with Crippen molar-refractivity contribution >= 4 is 17.5 Å². The van der Waals surface area contributed by atoms with Crippen LogP contribution in [0.2, 0.25) is 5.02 Å². The van der Waals surface area contributed by atoms with Crippen molar-refractivity contribution in [2.24, 2.45) is 7.05 Å². The molecule has 108 valence electrons. The van der Waals surface area contributed by atoms with Gasteiger partial charge in [-0.15, -0.1) is 0 Å². The van der Waals surface area contributed by atoms with E-state index in [0.29, 0.717) is 17.1 Å². The van der Waals surface area contributed by atoms with Gasteiger partial charge in [0.25, 0.3) is 5.91 Å². The molecule has 0 fully saturated rings. The topological polar surface area (TPSA) is 56.0 Å². The number of amides is 1. The summed E-state index contributed by atoms with van der Waals surface area (Å²) < 4.78 is 3.43. The van der Waals surface area contributed by atoms with Crippen molar-refractivity contribution in [1.29, 1.82) is 0 Å². The van der Waals surface area contributed by atoms with Crippen molar-refractivity contribution < 1.29 is 4.79 Å². The van der Waals surface area contributed by atoms with E-state index in [2.05, 4.69) is 10.2 Å². The highest BCUT2D eigenvalue weighted by Crippen LogP contribution is 2.18. The van der Waals surface area contributed by atoms with E-state index >= 15 is 0 Å². The first-order valence-corrected chi connectivity index (χ1v) is 6.77. The van der Waals surface area contributed by atoms with Gasteiger partial charge in [-0.2, -0.15) is 10.2 Å². The van der Waals surface area contributed by atoms with Crippen LogP contribution in [-0.4, -0.2) is 37.4 Å². The largest absolute Gasteiger partial charge is 0.336 e. The molecule has 2 heterocycles. The molecular formula is C13H18ClN5O. The van der Waals surface area contributed by atoms with Crippen molar-refractivity contribution in [3.05, 3.63) is 34.4 Å². The number of carbonyl (C=O) groups is 1. The van der Waals surface area contributed by atoms with Crippen molar-refractivity contribution in [3.8, 4) is 0 Å². The zero-order chi connectivity index (χ0) is 14.9. The average molecular weight is 296 g/mol. The molecule has 0 atom stereocenters. The summed E-state index contributed by atoms with van der Waals surface area (Å²) >= 11 is 6.12. The van der Waals surface area contributed by atoms with Gasteiger partial charge >= 0.3 is 0 Å². The molecule has 2 rings (SSSR count). The molecule has 0 saturated carbocycles. The molecule has 7 heteroatoms. The normalized spacial score (nSPS) is 10.8. The summed E-state index contributed by atoms with van der Waals surface area (Å²) in [6.45, 7) is 4.94. The molecule has 20 heavy (non-hydrogen) atoms. The Hall–Kier alpha value is -1.82. The first-order chi connectivity index (χ1) is 9.43. The Balaban J connectivity index is 2.19. The molecule has 6 nitrogen and oxygen atoms in total. The Morgan fingerprint density at radius 1 is 1.50 bits per heavy atom. The minimum absolute atomic E-state index is 0.0736. The summed E-state index contributed by atoms with van der Waals surface area (Å²) in [4.78, 5) is 14.0. The number of aromatic nitrogens is 4. The van der Waals surface area contributed by atoms with E-state index in [0.717, 1.165) is 17.9 Å². The lowest BCUT2D eigenvalue weighted by Crippen LogP contribution is -2.27. The molecule has 0 N–H and O–H groups in total. The van der Waals surface area contributed by atoms with E-state index in [1.807, 2.05) is 13.8 Å². The van der Waals surface area contributed by atoms with E-state index in [-0.39, 0.29) is 5.91 Å². The highest BCUT2D eigenvalue weighted by Gasteiger charge is 2.19. The summed E-state index contributed by atoms with van der Waals surface area (Å²) in [6, 6.07) is 0. The van der Waals surface area contributed by atoms with Gasteiger partial charge in [0.05, 0.1) is 34.7 Å². The maximum Gasteiger partial charge on any atom is 0.257 e. The summed E-state index contributed by atoms with van der Waals surface area (Å²) in [5.41, 5.74) is 2.17. The number of carbonyl (C=O) groups excluding carboxylic acids is 1. The first kappa shape index (κ1) is 14.6. The lowest BCUT2D eigenvalue weighted by atomic mass is 10.2.